The van der Waals surface area contributed by atoms with Crippen LogP contribution in [0.2, 0.25) is 0 Å². The first-order valence-corrected chi connectivity index (χ1v) is 4.94. The first-order chi connectivity index (χ1) is 6.65. The Morgan fingerprint density at radius 3 is 2.79 bits per heavy atom. The van der Waals surface area contributed by atoms with E-state index in [1.807, 2.05) is 6.07 Å². The van der Waals surface area contributed by atoms with Crippen LogP contribution in [0.15, 0.2) is 36.9 Å². The van der Waals surface area contributed by atoms with Crippen LogP contribution in [0.5, 0.6) is 0 Å². The Morgan fingerprint density at radius 2 is 2.07 bits per heavy atom. The highest BCUT2D eigenvalue weighted by atomic mass is 15.0. The van der Waals surface area contributed by atoms with Crippen LogP contribution in [0.4, 0.5) is 0 Å². The van der Waals surface area contributed by atoms with Crippen molar-refractivity contribution in [2.45, 2.75) is 24.4 Å². The van der Waals surface area contributed by atoms with E-state index >= 15 is 0 Å². The Balaban J connectivity index is 2.39. The molecule has 1 atom stereocenters. The molecule has 0 heterocycles. The van der Waals surface area contributed by atoms with Crippen molar-refractivity contribution in [3.8, 4) is 0 Å². The van der Waals surface area contributed by atoms with Crippen molar-refractivity contribution in [2.75, 3.05) is 0 Å². The lowest BCUT2D eigenvalue weighted by Gasteiger charge is -2.28. The smallest absolute Gasteiger partial charge is 0.0896 e. The van der Waals surface area contributed by atoms with Crippen molar-refractivity contribution in [1.82, 2.24) is 0 Å². The zero-order valence-electron chi connectivity index (χ0n) is 8.24. The molecule has 0 radical (unpaired) electrons. The van der Waals surface area contributed by atoms with Crippen molar-refractivity contribution in [1.29, 1.82) is 0 Å². The first kappa shape index (κ1) is 9.44. The van der Waals surface area contributed by atoms with Gasteiger partial charge in [0, 0.05) is 5.92 Å². The molecular formula is C12H16N2. The molecule has 0 amide bonds. The van der Waals surface area contributed by atoms with E-state index < -0.39 is 5.66 Å². The van der Waals surface area contributed by atoms with E-state index in [0.717, 1.165) is 12.8 Å². The predicted octanol–water partition coefficient (Wildman–Crippen LogP) is 1.52. The van der Waals surface area contributed by atoms with Gasteiger partial charge in [-0.1, -0.05) is 36.9 Å². The van der Waals surface area contributed by atoms with Crippen molar-refractivity contribution >= 4 is 0 Å². The van der Waals surface area contributed by atoms with E-state index in [4.69, 9.17) is 11.5 Å². The number of fused-ring (bicyclic) bond motifs is 1. The van der Waals surface area contributed by atoms with Crippen LogP contribution in [0.1, 0.15) is 23.5 Å². The van der Waals surface area contributed by atoms with Gasteiger partial charge in [-0.25, -0.2) is 0 Å². The number of benzene rings is 1. The molecule has 1 aliphatic rings. The molecular weight excluding hydrogens is 172 g/mol. The molecule has 2 nitrogen and oxygen atoms in total. The summed E-state index contributed by atoms with van der Waals surface area (Å²) in [6, 6.07) is 8.36. The molecule has 2 heteroatoms. The lowest BCUT2D eigenvalue weighted by Crippen LogP contribution is -2.51. The Morgan fingerprint density at radius 1 is 1.36 bits per heavy atom. The quantitative estimate of drug-likeness (QED) is 0.546. The molecule has 1 aliphatic carbocycles. The molecule has 0 bridgehead atoms. The van der Waals surface area contributed by atoms with E-state index in [2.05, 4.69) is 24.8 Å². The van der Waals surface area contributed by atoms with Crippen LogP contribution in [0.3, 0.4) is 0 Å². The summed E-state index contributed by atoms with van der Waals surface area (Å²) in [6.45, 7) is 3.70. The van der Waals surface area contributed by atoms with Gasteiger partial charge in [0.1, 0.15) is 0 Å². The third-order valence-electron chi connectivity index (χ3n) is 3.09. The van der Waals surface area contributed by atoms with Crippen LogP contribution < -0.4 is 11.5 Å². The Labute approximate surface area is 84.6 Å². The molecule has 1 aromatic carbocycles. The summed E-state index contributed by atoms with van der Waals surface area (Å²) < 4.78 is 0. The summed E-state index contributed by atoms with van der Waals surface area (Å²) >= 11 is 0. The summed E-state index contributed by atoms with van der Waals surface area (Å²) in [5.41, 5.74) is 13.9. The van der Waals surface area contributed by atoms with Gasteiger partial charge in [0.2, 0.25) is 0 Å². The summed E-state index contributed by atoms with van der Waals surface area (Å²) in [6.07, 6.45) is 3.75. The number of aryl methyl sites for hydroxylation is 1. The molecule has 1 unspecified atom stereocenters. The maximum absolute atomic E-state index is 6.00. The normalized spacial score (nSPS) is 20.6. The van der Waals surface area contributed by atoms with Gasteiger partial charge in [-0.2, -0.15) is 0 Å². The van der Waals surface area contributed by atoms with Crippen LogP contribution >= 0.6 is 0 Å². The van der Waals surface area contributed by atoms with Crippen LogP contribution in [0.25, 0.3) is 0 Å². The molecule has 0 spiro atoms. The molecule has 0 saturated heterocycles. The largest absolute Gasteiger partial charge is 0.310 e. The number of nitrogens with two attached hydrogens (primary N) is 2. The van der Waals surface area contributed by atoms with E-state index in [-0.39, 0.29) is 5.92 Å². The molecule has 2 rings (SSSR count). The number of hydrogen-bond acceptors (Lipinski definition) is 2. The highest BCUT2D eigenvalue weighted by Crippen LogP contribution is 2.37. The molecule has 4 N–H and O–H groups in total. The maximum Gasteiger partial charge on any atom is 0.0896 e. The van der Waals surface area contributed by atoms with Gasteiger partial charge in [-0.15, -0.1) is 0 Å². The Hall–Kier alpha value is -1.12. The van der Waals surface area contributed by atoms with Gasteiger partial charge >= 0.3 is 0 Å². The van der Waals surface area contributed by atoms with Crippen molar-refractivity contribution in [3.05, 3.63) is 48.0 Å². The number of hydrogen-bond donors (Lipinski definition) is 2. The van der Waals surface area contributed by atoms with E-state index in [0.29, 0.717) is 0 Å². The maximum atomic E-state index is 6.00. The van der Waals surface area contributed by atoms with Crippen molar-refractivity contribution in [2.24, 2.45) is 11.5 Å². The fourth-order valence-corrected chi connectivity index (χ4v) is 2.22. The molecule has 14 heavy (non-hydrogen) atoms. The second kappa shape index (κ2) is 3.23. The van der Waals surface area contributed by atoms with Crippen molar-refractivity contribution in [3.63, 3.8) is 0 Å². The van der Waals surface area contributed by atoms with Crippen LogP contribution in [-0.2, 0) is 6.42 Å². The molecule has 0 aliphatic heterocycles. The number of rotatable bonds is 2. The monoisotopic (exact) mass is 188 g/mol. The molecule has 74 valence electrons. The van der Waals surface area contributed by atoms with Crippen LogP contribution in [-0.4, -0.2) is 5.66 Å². The van der Waals surface area contributed by atoms with Crippen LogP contribution in [0, 0.1) is 0 Å². The standard InChI is InChI=1S/C12H16N2/c1-2-12(13,14)11-8-7-9-5-3-4-6-10(9)11/h2-6,11H,1,7-8,13-14H2. The van der Waals surface area contributed by atoms with Gasteiger partial charge in [-0.3, -0.25) is 0 Å². The third-order valence-corrected chi connectivity index (χ3v) is 3.09. The average Bonchev–Trinajstić information content (AvgIpc) is 2.61. The van der Waals surface area contributed by atoms with Gasteiger partial charge in [0.25, 0.3) is 0 Å². The summed E-state index contributed by atoms with van der Waals surface area (Å²) in [5, 5.41) is 0. The Kier molecular flexibility index (Phi) is 2.17. The summed E-state index contributed by atoms with van der Waals surface area (Å²) in [7, 11) is 0. The molecule has 0 saturated carbocycles. The highest BCUT2D eigenvalue weighted by Gasteiger charge is 2.34. The fourth-order valence-electron chi connectivity index (χ4n) is 2.22. The lowest BCUT2D eigenvalue weighted by molar-refractivity contribution is 0.435. The van der Waals surface area contributed by atoms with Crippen molar-refractivity contribution < 1.29 is 0 Å². The molecule has 1 aromatic rings. The van der Waals surface area contributed by atoms with Gasteiger partial charge in [-0.05, 0) is 24.0 Å². The van der Waals surface area contributed by atoms with E-state index in [9.17, 15) is 0 Å². The first-order valence-electron chi connectivity index (χ1n) is 4.94. The molecule has 0 aromatic heterocycles. The summed E-state index contributed by atoms with van der Waals surface area (Å²) in [5.74, 6) is 0.219. The third kappa shape index (κ3) is 1.37. The second-order valence-corrected chi connectivity index (χ2v) is 3.99. The zero-order chi connectivity index (χ0) is 10.2. The highest BCUT2D eigenvalue weighted by molar-refractivity contribution is 5.38. The van der Waals surface area contributed by atoms with Gasteiger partial charge < -0.3 is 11.5 Å². The predicted molar refractivity (Wildman–Crippen MR) is 58.8 cm³/mol. The lowest BCUT2D eigenvalue weighted by atomic mass is 9.88. The van der Waals surface area contributed by atoms with E-state index in [1.54, 1.807) is 6.08 Å². The Bertz CT molecular complexity index is 355. The molecule has 0 fully saturated rings. The second-order valence-electron chi connectivity index (χ2n) is 3.99. The minimum Gasteiger partial charge on any atom is -0.310 e. The SMILES string of the molecule is C=CC(N)(N)C1CCc2ccccc21. The van der Waals surface area contributed by atoms with Gasteiger partial charge in [0.05, 0.1) is 5.66 Å². The summed E-state index contributed by atoms with van der Waals surface area (Å²) in [4.78, 5) is 0. The minimum atomic E-state index is -0.771. The zero-order valence-corrected chi connectivity index (χ0v) is 8.24. The van der Waals surface area contributed by atoms with Gasteiger partial charge in [0.15, 0.2) is 0 Å². The topological polar surface area (TPSA) is 52.0 Å². The fraction of sp³-hybridized carbons (Fsp3) is 0.333. The van der Waals surface area contributed by atoms with E-state index in [1.165, 1.54) is 11.1 Å². The average molecular weight is 188 g/mol. The minimum absolute atomic E-state index is 0.219.